The summed E-state index contributed by atoms with van der Waals surface area (Å²) in [6.07, 6.45) is -1.41. The van der Waals surface area contributed by atoms with Crippen molar-refractivity contribution >= 4 is 18.2 Å². The van der Waals surface area contributed by atoms with Crippen molar-refractivity contribution < 1.29 is 28.6 Å². The van der Waals surface area contributed by atoms with Crippen molar-refractivity contribution in [2.75, 3.05) is 13.2 Å². The number of amides is 2. The van der Waals surface area contributed by atoms with Gasteiger partial charge in [0.25, 0.3) is 0 Å². The Morgan fingerprint density at radius 3 is 2.00 bits per heavy atom. The SMILES string of the molecule is C=C1CC(C(=O)OCC)N(C(=O)OC(C)(C)C)N(C(=O)OC(C)(C)C)C1. The Morgan fingerprint density at radius 1 is 1.04 bits per heavy atom. The maximum absolute atomic E-state index is 12.7. The van der Waals surface area contributed by atoms with Gasteiger partial charge in [-0.2, -0.15) is 5.01 Å². The Balaban J connectivity index is 3.24. The molecule has 26 heavy (non-hydrogen) atoms. The van der Waals surface area contributed by atoms with Crippen molar-refractivity contribution in [3.8, 4) is 0 Å². The second-order valence-corrected chi connectivity index (χ2v) is 8.08. The van der Waals surface area contributed by atoms with Gasteiger partial charge in [0.15, 0.2) is 6.04 Å². The van der Waals surface area contributed by atoms with Gasteiger partial charge >= 0.3 is 18.2 Å². The molecular weight excluding hydrogens is 340 g/mol. The predicted molar refractivity (Wildman–Crippen MR) is 95.2 cm³/mol. The third kappa shape index (κ3) is 6.24. The van der Waals surface area contributed by atoms with Crippen LogP contribution in [-0.4, -0.2) is 58.6 Å². The van der Waals surface area contributed by atoms with E-state index >= 15 is 0 Å². The molecule has 0 aliphatic carbocycles. The third-order valence-corrected chi connectivity index (χ3v) is 3.15. The number of carbonyl (C=O) groups is 3. The summed E-state index contributed by atoms with van der Waals surface area (Å²) in [6, 6.07) is -1.04. The van der Waals surface area contributed by atoms with Crippen LogP contribution < -0.4 is 0 Å². The van der Waals surface area contributed by atoms with E-state index in [-0.39, 0.29) is 19.6 Å². The number of ether oxygens (including phenoxy) is 3. The zero-order chi connectivity index (χ0) is 20.3. The first-order valence-corrected chi connectivity index (χ1v) is 8.61. The van der Waals surface area contributed by atoms with Crippen LogP contribution in [0, 0.1) is 0 Å². The van der Waals surface area contributed by atoms with Gasteiger partial charge in [0, 0.05) is 6.42 Å². The maximum atomic E-state index is 12.7. The topological polar surface area (TPSA) is 85.4 Å². The lowest BCUT2D eigenvalue weighted by Crippen LogP contribution is -2.62. The standard InChI is InChI=1S/C18H30N2O6/c1-9-24-14(21)13-10-12(2)11-19(15(22)25-17(3,4)5)20(13)16(23)26-18(6,7)8/h13H,2,9-11H2,1,3-8H3. The number of hydrogen-bond acceptors (Lipinski definition) is 6. The van der Waals surface area contributed by atoms with Crippen LogP contribution in [-0.2, 0) is 19.0 Å². The van der Waals surface area contributed by atoms with Crippen molar-refractivity contribution in [1.82, 2.24) is 10.0 Å². The first kappa shape index (κ1) is 21.8. The molecule has 0 bridgehead atoms. The van der Waals surface area contributed by atoms with E-state index < -0.39 is 35.4 Å². The van der Waals surface area contributed by atoms with Crippen molar-refractivity contribution in [1.29, 1.82) is 0 Å². The summed E-state index contributed by atoms with van der Waals surface area (Å²) >= 11 is 0. The molecule has 0 aromatic carbocycles. The van der Waals surface area contributed by atoms with Crippen LogP contribution in [0.2, 0.25) is 0 Å². The van der Waals surface area contributed by atoms with E-state index in [1.165, 1.54) is 0 Å². The summed E-state index contributed by atoms with van der Waals surface area (Å²) in [5.41, 5.74) is -0.965. The minimum absolute atomic E-state index is 0.0457. The van der Waals surface area contributed by atoms with E-state index in [0.29, 0.717) is 5.57 Å². The molecule has 2 amide bonds. The average molecular weight is 370 g/mol. The van der Waals surface area contributed by atoms with E-state index in [4.69, 9.17) is 14.2 Å². The zero-order valence-electron chi connectivity index (χ0n) is 16.7. The van der Waals surface area contributed by atoms with E-state index in [9.17, 15) is 14.4 Å². The third-order valence-electron chi connectivity index (χ3n) is 3.15. The number of hydrazine groups is 1. The van der Waals surface area contributed by atoms with Gasteiger partial charge in [0.1, 0.15) is 11.2 Å². The average Bonchev–Trinajstić information content (AvgIpc) is 2.42. The van der Waals surface area contributed by atoms with Crippen molar-refractivity contribution in [2.45, 2.75) is 72.1 Å². The molecule has 1 rings (SSSR count). The zero-order valence-corrected chi connectivity index (χ0v) is 16.7. The Kier molecular flexibility index (Phi) is 6.68. The fraction of sp³-hybridized carbons (Fsp3) is 0.722. The van der Waals surface area contributed by atoms with Crippen LogP contribution >= 0.6 is 0 Å². The lowest BCUT2D eigenvalue weighted by atomic mass is 10.0. The highest BCUT2D eigenvalue weighted by molar-refractivity contribution is 5.84. The minimum Gasteiger partial charge on any atom is -0.464 e. The van der Waals surface area contributed by atoms with Crippen LogP contribution in [0.3, 0.4) is 0 Å². The van der Waals surface area contributed by atoms with Crippen LogP contribution in [0.15, 0.2) is 12.2 Å². The summed E-state index contributed by atoms with van der Waals surface area (Å²) in [7, 11) is 0. The van der Waals surface area contributed by atoms with Gasteiger partial charge in [-0.25, -0.2) is 19.4 Å². The summed E-state index contributed by atoms with van der Waals surface area (Å²) < 4.78 is 15.8. The highest BCUT2D eigenvalue weighted by Gasteiger charge is 2.45. The predicted octanol–water partition coefficient (Wildman–Crippen LogP) is 3.27. The molecule has 0 saturated carbocycles. The molecule has 1 atom stereocenters. The van der Waals surface area contributed by atoms with E-state index in [0.717, 1.165) is 10.0 Å². The molecule has 1 fully saturated rings. The van der Waals surface area contributed by atoms with Gasteiger partial charge in [-0.1, -0.05) is 12.2 Å². The first-order valence-electron chi connectivity index (χ1n) is 8.61. The molecule has 0 N–H and O–H groups in total. The molecule has 148 valence electrons. The molecule has 0 aromatic rings. The minimum atomic E-state index is -1.04. The van der Waals surface area contributed by atoms with E-state index in [1.54, 1.807) is 48.5 Å². The summed E-state index contributed by atoms with van der Waals surface area (Å²) in [5, 5.41) is 2.03. The molecule has 1 saturated heterocycles. The van der Waals surface area contributed by atoms with Crippen LogP contribution in [0.1, 0.15) is 54.9 Å². The highest BCUT2D eigenvalue weighted by Crippen LogP contribution is 2.27. The van der Waals surface area contributed by atoms with Crippen LogP contribution in [0.25, 0.3) is 0 Å². The number of nitrogens with zero attached hydrogens (tertiary/aromatic N) is 2. The monoisotopic (exact) mass is 370 g/mol. The fourth-order valence-electron chi connectivity index (χ4n) is 2.30. The van der Waals surface area contributed by atoms with Crippen molar-refractivity contribution in [2.24, 2.45) is 0 Å². The normalized spacial score (nSPS) is 18.4. The van der Waals surface area contributed by atoms with Crippen LogP contribution in [0.5, 0.6) is 0 Å². The van der Waals surface area contributed by atoms with Gasteiger partial charge in [-0.3, -0.25) is 0 Å². The van der Waals surface area contributed by atoms with Crippen LogP contribution in [0.4, 0.5) is 9.59 Å². The molecule has 0 aromatic heterocycles. The van der Waals surface area contributed by atoms with E-state index in [2.05, 4.69) is 6.58 Å². The molecule has 1 aliphatic rings. The van der Waals surface area contributed by atoms with Gasteiger partial charge < -0.3 is 14.2 Å². The molecule has 0 radical (unpaired) electrons. The lowest BCUT2D eigenvalue weighted by molar-refractivity contribution is -0.159. The second kappa shape index (κ2) is 7.97. The second-order valence-electron chi connectivity index (χ2n) is 8.08. The van der Waals surface area contributed by atoms with Gasteiger partial charge in [0.2, 0.25) is 0 Å². The molecule has 1 unspecified atom stereocenters. The summed E-state index contributed by atoms with van der Waals surface area (Å²) in [6.45, 7) is 16.0. The largest absolute Gasteiger partial charge is 0.464 e. The molecule has 8 heteroatoms. The number of esters is 1. The van der Waals surface area contributed by atoms with E-state index in [1.807, 2.05) is 0 Å². The summed E-state index contributed by atoms with van der Waals surface area (Å²) in [5.74, 6) is -0.632. The van der Waals surface area contributed by atoms with Crippen molar-refractivity contribution in [3.05, 3.63) is 12.2 Å². The Bertz CT molecular complexity index is 573. The number of hydrogen-bond donors (Lipinski definition) is 0. The molecule has 1 aliphatic heterocycles. The molecular formula is C18H30N2O6. The maximum Gasteiger partial charge on any atom is 0.430 e. The molecule has 0 spiro atoms. The lowest BCUT2D eigenvalue weighted by Gasteiger charge is -2.43. The number of carbonyl (C=O) groups excluding carboxylic acids is 3. The Labute approximate surface area is 155 Å². The quantitative estimate of drug-likeness (QED) is 0.421. The van der Waals surface area contributed by atoms with Gasteiger partial charge in [0.05, 0.1) is 13.2 Å². The smallest absolute Gasteiger partial charge is 0.430 e. The molecule has 8 nitrogen and oxygen atoms in total. The van der Waals surface area contributed by atoms with Gasteiger partial charge in [-0.15, -0.1) is 0 Å². The Hall–Kier alpha value is -2.25. The summed E-state index contributed by atoms with van der Waals surface area (Å²) in [4.78, 5) is 37.7. The number of rotatable bonds is 2. The highest BCUT2D eigenvalue weighted by atomic mass is 16.6. The van der Waals surface area contributed by atoms with Crippen molar-refractivity contribution in [3.63, 3.8) is 0 Å². The fourth-order valence-corrected chi connectivity index (χ4v) is 2.30. The molecule has 1 heterocycles. The van der Waals surface area contributed by atoms with Gasteiger partial charge in [-0.05, 0) is 48.5 Å². The first-order chi connectivity index (χ1) is 11.7. The Morgan fingerprint density at radius 2 is 1.54 bits per heavy atom.